The van der Waals surface area contributed by atoms with Crippen LogP contribution < -0.4 is 32.3 Å². The number of primary amides is 1. The monoisotopic (exact) mass is 776 g/mol. The summed E-state index contributed by atoms with van der Waals surface area (Å²) >= 11 is 4.13. The van der Waals surface area contributed by atoms with E-state index in [0.29, 0.717) is 0 Å². The molecule has 10 N–H and O–H groups in total. The number of anilines is 1. The zero-order valence-corrected chi connectivity index (χ0v) is 31.7. The van der Waals surface area contributed by atoms with Crippen LogP contribution in [0.4, 0.5) is 5.69 Å². The number of nitrogens with one attached hydrogen (secondary N) is 5. The lowest BCUT2D eigenvalue weighted by Crippen LogP contribution is -2.57. The Bertz CT molecular complexity index is 1500. The second-order valence-corrected chi connectivity index (χ2v) is 15.2. The molecule has 0 aromatic heterocycles. The summed E-state index contributed by atoms with van der Waals surface area (Å²) in [6, 6.07) is 3.92. The molecule has 20 heteroatoms. The smallest absolute Gasteiger partial charge is 0.326 e. The molecule has 0 spiro atoms. The van der Waals surface area contributed by atoms with Gasteiger partial charge in [-0.15, -0.1) is 0 Å². The zero-order chi connectivity index (χ0) is 40.3. The van der Waals surface area contributed by atoms with E-state index in [0.717, 1.165) is 43.6 Å². The van der Waals surface area contributed by atoms with Crippen LogP contribution in [-0.4, -0.2) is 107 Å². The van der Waals surface area contributed by atoms with E-state index in [4.69, 9.17) is 5.73 Å². The molecule has 0 saturated heterocycles. The van der Waals surface area contributed by atoms with Crippen molar-refractivity contribution in [2.24, 2.45) is 11.1 Å². The summed E-state index contributed by atoms with van der Waals surface area (Å²) in [6.07, 6.45) is 1.94. The lowest BCUT2D eigenvalue weighted by Gasteiger charge is -2.31. The number of thiol groups is 1. The van der Waals surface area contributed by atoms with Crippen molar-refractivity contribution in [3.63, 3.8) is 0 Å². The second-order valence-electron chi connectivity index (χ2n) is 12.7. The van der Waals surface area contributed by atoms with Gasteiger partial charge in [0.15, 0.2) is 0 Å². The summed E-state index contributed by atoms with van der Waals surface area (Å²) in [5, 5.41) is 30.9. The first-order chi connectivity index (χ1) is 23.9. The van der Waals surface area contributed by atoms with Crippen molar-refractivity contribution in [2.75, 3.05) is 30.7 Å². The third kappa shape index (κ3) is 19.8. The fraction of sp³-hybridized carbons (Fsp3) is 0.594. The maximum Gasteiger partial charge on any atom is 0.326 e. The Kier molecular flexibility index (Phi) is 20.6. The average Bonchev–Trinajstić information content (AvgIpc) is 3.03. The number of rotatable bonds is 22. The largest absolute Gasteiger partial charge is 0.481 e. The van der Waals surface area contributed by atoms with E-state index in [1.165, 1.54) is 20.8 Å². The number of amides is 5. The van der Waals surface area contributed by atoms with Gasteiger partial charge in [0, 0.05) is 30.8 Å². The molecule has 0 radical (unpaired) electrons. The SMILES string of the molecule is CC(C)(CC(C)(S)C(=O)NC(CS(=O)(=O)O)C(=O)NC(CCC(=O)NCC(N)=O)C(=O)O)C(=O)O.CCCCNC(=O)c1ccc(NCCC)cc1. The molecular formula is C32H52N6O12S2. The van der Waals surface area contributed by atoms with E-state index in [9.17, 15) is 56.7 Å². The number of carboxylic acid groups (broad SMARTS) is 2. The second kappa shape index (κ2) is 22.5. The summed E-state index contributed by atoms with van der Waals surface area (Å²) in [5.74, 6) is -8.13. The minimum absolute atomic E-state index is 0.0143. The Balaban J connectivity index is 0.00000127. The highest BCUT2D eigenvalue weighted by atomic mass is 32.2. The predicted octanol–water partition coefficient (Wildman–Crippen LogP) is 0.538. The number of aliphatic carboxylic acids is 2. The van der Waals surface area contributed by atoms with Crippen molar-refractivity contribution in [1.82, 2.24) is 21.3 Å². The van der Waals surface area contributed by atoms with Crippen LogP contribution in [0.5, 0.6) is 0 Å². The number of carboxylic acids is 2. The van der Waals surface area contributed by atoms with Gasteiger partial charge in [-0.05, 0) is 70.7 Å². The molecule has 0 fully saturated rings. The van der Waals surface area contributed by atoms with Gasteiger partial charge in [0.05, 0.1) is 16.7 Å². The molecule has 0 aliphatic carbocycles. The number of carbonyl (C=O) groups is 7. The molecule has 0 bridgehead atoms. The van der Waals surface area contributed by atoms with Crippen LogP contribution in [0, 0.1) is 5.41 Å². The standard InChI is InChI=1S/C18H30N4O11S2.C14H22N2O/c1-17(2,16(29)30)8-18(3,34)15(28)22-10(7-35(31,32)33)13(25)21-9(14(26)27)4-5-12(24)20-6-11(19)23;1-3-5-11-16-14(17)12-6-8-13(9-7-12)15-10-4-2/h9-10,34H,4-8H2,1-3H3,(H2,19,23)(H,20,24)(H,21,25)(H,22,28)(H,26,27)(H,29,30)(H,31,32,33);6-9,15H,3-5,10-11H2,1-2H3,(H,16,17). The Hall–Kier alpha value is -4.43. The van der Waals surface area contributed by atoms with Crippen molar-refractivity contribution in [3.8, 4) is 0 Å². The highest BCUT2D eigenvalue weighted by molar-refractivity contribution is 7.85. The van der Waals surface area contributed by atoms with Crippen molar-refractivity contribution >= 4 is 69.9 Å². The van der Waals surface area contributed by atoms with Gasteiger partial charge in [0.25, 0.3) is 16.0 Å². The van der Waals surface area contributed by atoms with E-state index < -0.39 is 93.1 Å². The number of hydrogen-bond acceptors (Lipinski definition) is 11. The van der Waals surface area contributed by atoms with Gasteiger partial charge < -0.3 is 42.5 Å². The van der Waals surface area contributed by atoms with Gasteiger partial charge in [-0.3, -0.25) is 33.3 Å². The van der Waals surface area contributed by atoms with Crippen LogP contribution in [0.25, 0.3) is 0 Å². The minimum atomic E-state index is -4.86. The molecule has 0 heterocycles. The van der Waals surface area contributed by atoms with E-state index in [1.807, 2.05) is 34.9 Å². The lowest BCUT2D eigenvalue weighted by molar-refractivity contribution is -0.148. The van der Waals surface area contributed by atoms with Crippen molar-refractivity contribution in [1.29, 1.82) is 0 Å². The molecule has 0 saturated carbocycles. The highest BCUT2D eigenvalue weighted by Gasteiger charge is 2.41. The molecule has 294 valence electrons. The molecule has 18 nitrogen and oxygen atoms in total. The van der Waals surface area contributed by atoms with E-state index in [1.54, 1.807) is 0 Å². The molecule has 0 aliphatic heterocycles. The number of hydrogen-bond donors (Lipinski definition) is 10. The van der Waals surface area contributed by atoms with Crippen LogP contribution in [0.3, 0.4) is 0 Å². The number of benzene rings is 1. The third-order valence-corrected chi connectivity index (χ3v) is 8.25. The summed E-state index contributed by atoms with van der Waals surface area (Å²) in [4.78, 5) is 82.2. The van der Waals surface area contributed by atoms with Gasteiger partial charge in [-0.2, -0.15) is 21.0 Å². The molecule has 3 unspecified atom stereocenters. The van der Waals surface area contributed by atoms with Gasteiger partial charge >= 0.3 is 11.9 Å². The van der Waals surface area contributed by atoms with E-state index in [2.05, 4.69) is 42.4 Å². The first-order valence-corrected chi connectivity index (χ1v) is 18.4. The maximum absolute atomic E-state index is 12.7. The molecule has 1 rings (SSSR count). The lowest BCUT2D eigenvalue weighted by atomic mass is 9.82. The van der Waals surface area contributed by atoms with Crippen LogP contribution in [0.2, 0.25) is 0 Å². The van der Waals surface area contributed by atoms with Gasteiger partial charge in [-0.1, -0.05) is 20.3 Å². The van der Waals surface area contributed by atoms with E-state index in [-0.39, 0.29) is 12.3 Å². The summed E-state index contributed by atoms with van der Waals surface area (Å²) in [7, 11) is -4.86. The maximum atomic E-state index is 12.7. The third-order valence-electron chi connectivity index (χ3n) is 7.13. The quantitative estimate of drug-likeness (QED) is 0.0438. The van der Waals surface area contributed by atoms with Crippen molar-refractivity contribution in [3.05, 3.63) is 29.8 Å². The fourth-order valence-electron chi connectivity index (χ4n) is 4.29. The first-order valence-electron chi connectivity index (χ1n) is 16.4. The van der Waals surface area contributed by atoms with Crippen molar-refractivity contribution in [2.45, 2.75) is 90.0 Å². The minimum Gasteiger partial charge on any atom is -0.481 e. The number of unbranched alkanes of at least 4 members (excludes halogenated alkanes) is 1. The molecule has 0 aliphatic rings. The molecular weight excluding hydrogens is 725 g/mol. The Labute approximate surface area is 309 Å². The van der Waals surface area contributed by atoms with Crippen LogP contribution in [0.15, 0.2) is 24.3 Å². The molecule has 1 aromatic carbocycles. The Morgan fingerprint density at radius 3 is 1.96 bits per heavy atom. The van der Waals surface area contributed by atoms with Crippen molar-refractivity contribution < 1.29 is 56.7 Å². The molecule has 1 aromatic rings. The number of nitrogens with two attached hydrogens (primary N) is 1. The van der Waals surface area contributed by atoms with E-state index >= 15 is 0 Å². The molecule has 52 heavy (non-hydrogen) atoms. The van der Waals surface area contributed by atoms with Gasteiger partial charge in [0.2, 0.25) is 23.6 Å². The summed E-state index contributed by atoms with van der Waals surface area (Å²) in [6.45, 7) is 9.32. The average molecular weight is 777 g/mol. The predicted molar refractivity (Wildman–Crippen MR) is 195 cm³/mol. The zero-order valence-electron chi connectivity index (χ0n) is 30.0. The normalized spacial score (nSPS) is 13.4. The number of carbonyl (C=O) groups excluding carboxylic acids is 5. The molecule has 5 amide bonds. The summed E-state index contributed by atoms with van der Waals surface area (Å²) in [5.41, 5.74) is 5.23. The van der Waals surface area contributed by atoms with Crippen LogP contribution >= 0.6 is 12.6 Å². The van der Waals surface area contributed by atoms with Crippen LogP contribution in [0.1, 0.15) is 83.5 Å². The van der Waals surface area contributed by atoms with Gasteiger partial charge in [-0.25, -0.2) is 4.79 Å². The Morgan fingerprint density at radius 2 is 1.48 bits per heavy atom. The topological polar surface area (TPSA) is 300 Å². The van der Waals surface area contributed by atoms with Crippen LogP contribution in [-0.2, 0) is 38.9 Å². The Morgan fingerprint density at radius 1 is 0.885 bits per heavy atom. The first kappa shape index (κ1) is 47.6. The van der Waals surface area contributed by atoms with Gasteiger partial charge in [0.1, 0.15) is 17.8 Å². The highest BCUT2D eigenvalue weighted by Crippen LogP contribution is 2.32. The summed E-state index contributed by atoms with van der Waals surface area (Å²) < 4.78 is 30.2. The molecule has 3 atom stereocenters. The fourth-order valence-corrected chi connectivity index (χ4v) is 5.41.